The first kappa shape index (κ1) is 21.5. The fourth-order valence-corrected chi connectivity index (χ4v) is 3.07. The molecule has 0 spiro atoms. The van der Waals surface area contributed by atoms with Crippen molar-refractivity contribution in [1.29, 1.82) is 0 Å². The normalized spacial score (nSPS) is 10.4. The summed E-state index contributed by atoms with van der Waals surface area (Å²) in [5.41, 5.74) is 5.54. The van der Waals surface area contributed by atoms with Crippen LogP contribution >= 0.6 is 23.4 Å². The lowest BCUT2D eigenvalue weighted by Crippen LogP contribution is -2.42. The number of hydrogen-bond acceptors (Lipinski definition) is 8. The third-order valence-electron chi connectivity index (χ3n) is 3.79. The van der Waals surface area contributed by atoms with E-state index in [9.17, 15) is 9.59 Å². The molecule has 1 aromatic heterocycles. The Hall–Kier alpha value is -3.24. The molecule has 2 amide bonds. The Morgan fingerprint density at radius 3 is 2.53 bits per heavy atom. The fraction of sp³-hybridized carbons (Fsp3) is 0.158. The van der Waals surface area contributed by atoms with Crippen molar-refractivity contribution in [2.24, 2.45) is 0 Å². The van der Waals surface area contributed by atoms with Gasteiger partial charge in [-0.3, -0.25) is 20.4 Å². The van der Waals surface area contributed by atoms with E-state index < -0.39 is 11.8 Å². The molecule has 0 saturated heterocycles. The molecule has 156 valence electrons. The number of carbonyl (C=O) groups is 2. The molecule has 0 unspecified atom stereocenters. The Morgan fingerprint density at radius 2 is 1.83 bits per heavy atom. The molecule has 0 aliphatic heterocycles. The van der Waals surface area contributed by atoms with Gasteiger partial charge in [-0.15, -0.1) is 10.2 Å². The first-order valence-corrected chi connectivity index (χ1v) is 9.90. The average molecular weight is 449 g/mol. The van der Waals surface area contributed by atoms with E-state index in [1.807, 2.05) is 0 Å². The molecule has 0 fully saturated rings. The molecule has 2 aromatic carbocycles. The highest BCUT2D eigenvalue weighted by Gasteiger charge is 2.15. The maximum absolute atomic E-state index is 12.2. The van der Waals surface area contributed by atoms with E-state index in [1.165, 1.54) is 13.2 Å². The molecule has 1 heterocycles. The summed E-state index contributed by atoms with van der Waals surface area (Å²) in [4.78, 5) is 24.3. The molecule has 0 aliphatic rings. The van der Waals surface area contributed by atoms with Crippen molar-refractivity contribution in [3.05, 3.63) is 53.1 Å². The number of rotatable bonds is 7. The Balaban J connectivity index is 1.51. The van der Waals surface area contributed by atoms with Gasteiger partial charge in [0.25, 0.3) is 11.1 Å². The topological polar surface area (TPSA) is 116 Å². The van der Waals surface area contributed by atoms with Gasteiger partial charge in [-0.05, 0) is 42.5 Å². The molecule has 0 radical (unpaired) electrons. The van der Waals surface area contributed by atoms with Gasteiger partial charge >= 0.3 is 0 Å². The average Bonchev–Trinajstić information content (AvgIpc) is 3.25. The minimum atomic E-state index is -0.563. The molecule has 3 rings (SSSR count). The van der Waals surface area contributed by atoms with Crippen molar-refractivity contribution >= 4 is 35.2 Å². The predicted molar refractivity (Wildman–Crippen MR) is 111 cm³/mol. The molecule has 0 saturated carbocycles. The lowest BCUT2D eigenvalue weighted by Gasteiger charge is -2.10. The molecular formula is C19H17ClN4O5S. The van der Waals surface area contributed by atoms with E-state index in [1.54, 1.807) is 43.5 Å². The lowest BCUT2D eigenvalue weighted by molar-refractivity contribution is -0.119. The van der Waals surface area contributed by atoms with Gasteiger partial charge < -0.3 is 13.9 Å². The van der Waals surface area contributed by atoms with Gasteiger partial charge in [-0.25, -0.2) is 0 Å². The van der Waals surface area contributed by atoms with Crippen molar-refractivity contribution in [2.75, 3.05) is 20.0 Å². The standard InChI is InChI=1S/C19H17ClN4O5S/c1-27-13-6-3-11(4-7-13)18-23-24-19(29-18)30-10-16(25)21-22-17(26)14-9-12(20)5-8-15(14)28-2/h3-9H,10H2,1-2H3,(H,21,25)(H,22,26). The minimum absolute atomic E-state index is 0.0444. The van der Waals surface area contributed by atoms with Crippen molar-refractivity contribution in [3.63, 3.8) is 0 Å². The Morgan fingerprint density at radius 1 is 1.07 bits per heavy atom. The number of methoxy groups -OCH3 is 2. The number of amides is 2. The number of halogens is 1. The Kier molecular flexibility index (Phi) is 7.15. The number of nitrogens with one attached hydrogen (secondary N) is 2. The first-order valence-electron chi connectivity index (χ1n) is 8.53. The van der Waals surface area contributed by atoms with E-state index in [-0.39, 0.29) is 16.5 Å². The second kappa shape index (κ2) is 9.99. The van der Waals surface area contributed by atoms with Crippen molar-refractivity contribution in [1.82, 2.24) is 21.0 Å². The van der Waals surface area contributed by atoms with Gasteiger partial charge in [0.05, 0.1) is 25.5 Å². The van der Waals surface area contributed by atoms with Crippen LogP contribution in [0.25, 0.3) is 11.5 Å². The molecule has 0 aliphatic carbocycles. The number of thioether (sulfide) groups is 1. The monoisotopic (exact) mass is 448 g/mol. The molecule has 30 heavy (non-hydrogen) atoms. The van der Waals surface area contributed by atoms with Gasteiger partial charge in [0.15, 0.2) is 0 Å². The van der Waals surface area contributed by atoms with Gasteiger partial charge in [-0.1, -0.05) is 23.4 Å². The van der Waals surface area contributed by atoms with Crippen LogP contribution in [0.2, 0.25) is 5.02 Å². The summed E-state index contributed by atoms with van der Waals surface area (Å²) in [6.07, 6.45) is 0. The fourth-order valence-electron chi connectivity index (χ4n) is 2.33. The second-order valence-corrected chi connectivity index (χ2v) is 7.10. The molecule has 0 atom stereocenters. The van der Waals surface area contributed by atoms with E-state index >= 15 is 0 Å². The summed E-state index contributed by atoms with van der Waals surface area (Å²) in [7, 11) is 3.01. The zero-order chi connectivity index (χ0) is 21.5. The second-order valence-electron chi connectivity index (χ2n) is 5.74. The number of benzene rings is 2. The van der Waals surface area contributed by atoms with Crippen LogP contribution in [0.4, 0.5) is 0 Å². The van der Waals surface area contributed by atoms with E-state index in [2.05, 4.69) is 21.0 Å². The highest BCUT2D eigenvalue weighted by Crippen LogP contribution is 2.25. The first-order chi connectivity index (χ1) is 14.5. The smallest absolute Gasteiger partial charge is 0.277 e. The van der Waals surface area contributed by atoms with Crippen LogP contribution in [0, 0.1) is 0 Å². The quantitative estimate of drug-likeness (QED) is 0.418. The number of hydrazine groups is 1. The van der Waals surface area contributed by atoms with E-state index in [0.29, 0.717) is 22.4 Å². The molecule has 0 bridgehead atoms. The number of aromatic nitrogens is 2. The van der Waals surface area contributed by atoms with Gasteiger partial charge in [0.2, 0.25) is 11.8 Å². The third kappa shape index (κ3) is 5.43. The van der Waals surface area contributed by atoms with Crippen LogP contribution in [0.15, 0.2) is 52.1 Å². The van der Waals surface area contributed by atoms with Crippen molar-refractivity contribution < 1.29 is 23.5 Å². The van der Waals surface area contributed by atoms with E-state index in [4.69, 9.17) is 25.5 Å². The largest absolute Gasteiger partial charge is 0.497 e. The highest BCUT2D eigenvalue weighted by molar-refractivity contribution is 7.99. The van der Waals surface area contributed by atoms with Crippen molar-refractivity contribution in [2.45, 2.75) is 5.22 Å². The lowest BCUT2D eigenvalue weighted by atomic mass is 10.2. The highest BCUT2D eigenvalue weighted by atomic mass is 35.5. The minimum Gasteiger partial charge on any atom is -0.497 e. The molecule has 2 N–H and O–H groups in total. The van der Waals surface area contributed by atoms with Crippen molar-refractivity contribution in [3.8, 4) is 23.0 Å². The summed E-state index contributed by atoms with van der Waals surface area (Å²) < 4.78 is 15.8. The van der Waals surface area contributed by atoms with Crippen LogP contribution < -0.4 is 20.3 Å². The Labute approximate surface area is 181 Å². The van der Waals surface area contributed by atoms with Crippen LogP contribution in [-0.2, 0) is 4.79 Å². The predicted octanol–water partition coefficient (Wildman–Crippen LogP) is 2.96. The summed E-state index contributed by atoms with van der Waals surface area (Å²) in [5, 5.41) is 8.44. The van der Waals surface area contributed by atoms with Crippen LogP contribution in [0.3, 0.4) is 0 Å². The van der Waals surface area contributed by atoms with E-state index in [0.717, 1.165) is 17.3 Å². The van der Waals surface area contributed by atoms with Gasteiger partial charge in [-0.2, -0.15) is 0 Å². The summed E-state index contributed by atoms with van der Waals surface area (Å²) in [6, 6.07) is 11.7. The third-order valence-corrected chi connectivity index (χ3v) is 4.85. The van der Waals surface area contributed by atoms with Crippen LogP contribution in [0.5, 0.6) is 11.5 Å². The summed E-state index contributed by atoms with van der Waals surface area (Å²) in [6.45, 7) is 0. The maximum Gasteiger partial charge on any atom is 0.277 e. The molecule has 3 aromatic rings. The molecular weight excluding hydrogens is 432 g/mol. The van der Waals surface area contributed by atoms with Gasteiger partial charge in [0, 0.05) is 10.6 Å². The SMILES string of the molecule is COc1ccc(-c2nnc(SCC(=O)NNC(=O)c3cc(Cl)ccc3OC)o2)cc1. The van der Waals surface area contributed by atoms with Crippen LogP contribution in [-0.4, -0.2) is 42.0 Å². The Bertz CT molecular complexity index is 1040. The van der Waals surface area contributed by atoms with Crippen LogP contribution in [0.1, 0.15) is 10.4 Å². The molecule has 9 nitrogen and oxygen atoms in total. The maximum atomic E-state index is 12.2. The number of carbonyl (C=O) groups excluding carboxylic acids is 2. The molecule has 11 heteroatoms. The zero-order valence-electron chi connectivity index (χ0n) is 16.0. The van der Waals surface area contributed by atoms with Gasteiger partial charge in [0.1, 0.15) is 11.5 Å². The number of hydrogen-bond donors (Lipinski definition) is 2. The summed E-state index contributed by atoms with van der Waals surface area (Å²) in [5.74, 6) is 0.296. The number of nitrogens with zero attached hydrogens (tertiary/aromatic N) is 2. The summed E-state index contributed by atoms with van der Waals surface area (Å²) >= 11 is 6.94. The zero-order valence-corrected chi connectivity index (χ0v) is 17.5. The number of ether oxygens (including phenoxy) is 2.